The Hall–Kier alpha value is -2.67. The molecule has 7 nitrogen and oxygen atoms in total. The third kappa shape index (κ3) is 2.05. The third-order valence-corrected chi connectivity index (χ3v) is 4.50. The number of halogens is 1. The van der Waals surface area contributed by atoms with Crippen molar-refractivity contribution in [3.05, 3.63) is 58.4 Å². The van der Waals surface area contributed by atoms with E-state index in [0.717, 1.165) is 17.6 Å². The Morgan fingerprint density at radius 2 is 2.08 bits per heavy atom. The van der Waals surface area contributed by atoms with Crippen molar-refractivity contribution in [2.45, 2.75) is 19.4 Å². The van der Waals surface area contributed by atoms with Gasteiger partial charge in [-0.15, -0.1) is 0 Å². The van der Waals surface area contributed by atoms with Crippen LogP contribution in [0, 0.1) is 0 Å². The second-order valence-corrected chi connectivity index (χ2v) is 6.15. The number of hydrogen-bond donors (Lipinski definition) is 1. The van der Waals surface area contributed by atoms with Crippen LogP contribution in [0.4, 0.5) is 5.95 Å². The number of hydrogen-bond acceptors (Lipinski definition) is 5. The van der Waals surface area contributed by atoms with Crippen molar-refractivity contribution in [2.75, 3.05) is 11.9 Å². The van der Waals surface area contributed by atoms with Crippen molar-refractivity contribution in [2.24, 2.45) is 0 Å². The van der Waals surface area contributed by atoms with Gasteiger partial charge in [0.2, 0.25) is 5.95 Å². The first-order chi connectivity index (χ1) is 11.6. The van der Waals surface area contributed by atoms with Crippen LogP contribution in [-0.4, -0.2) is 37.6 Å². The fraction of sp³-hybridized carbons (Fsp3) is 0.250. The summed E-state index contributed by atoms with van der Waals surface area (Å²) in [5.74, 6) is 0.346. The van der Waals surface area contributed by atoms with Gasteiger partial charge >= 0.3 is 0 Å². The summed E-state index contributed by atoms with van der Waals surface area (Å²) in [7, 11) is 0. The second-order valence-electron chi connectivity index (χ2n) is 5.72. The summed E-state index contributed by atoms with van der Waals surface area (Å²) in [6.07, 6.45) is 0.849. The van der Waals surface area contributed by atoms with Gasteiger partial charge in [0.25, 0.3) is 5.91 Å². The van der Waals surface area contributed by atoms with Crippen molar-refractivity contribution >= 4 is 23.5 Å². The second kappa shape index (κ2) is 5.45. The molecule has 8 heteroatoms. The predicted molar refractivity (Wildman–Crippen MR) is 89.2 cm³/mol. The topological polar surface area (TPSA) is 75.9 Å². The Labute approximate surface area is 143 Å². The Morgan fingerprint density at radius 1 is 1.33 bits per heavy atom. The van der Waals surface area contributed by atoms with Crippen molar-refractivity contribution in [1.82, 2.24) is 25.1 Å². The minimum atomic E-state index is -0.318. The van der Waals surface area contributed by atoms with Gasteiger partial charge in [0.1, 0.15) is 11.7 Å². The summed E-state index contributed by atoms with van der Waals surface area (Å²) >= 11 is 6.01. The molecule has 3 heterocycles. The molecule has 4 rings (SSSR count). The molecule has 0 bridgehead atoms. The number of amides is 1. The van der Waals surface area contributed by atoms with E-state index in [0.29, 0.717) is 28.9 Å². The zero-order valence-electron chi connectivity index (χ0n) is 13.0. The maximum Gasteiger partial charge on any atom is 0.275 e. The first-order valence-electron chi connectivity index (χ1n) is 7.67. The minimum absolute atomic E-state index is 0.0925. The fourth-order valence-corrected chi connectivity index (χ4v) is 3.30. The van der Waals surface area contributed by atoms with Crippen molar-refractivity contribution in [1.29, 1.82) is 0 Å². The number of nitrogens with one attached hydrogen (secondary N) is 1. The van der Waals surface area contributed by atoms with Crippen LogP contribution >= 0.6 is 11.6 Å². The molecular formula is C16H15ClN6O. The van der Waals surface area contributed by atoms with E-state index in [9.17, 15) is 4.79 Å². The molecule has 0 aliphatic carbocycles. The van der Waals surface area contributed by atoms with E-state index in [2.05, 4.69) is 27.4 Å². The number of rotatable bonds is 3. The van der Waals surface area contributed by atoms with Gasteiger partial charge < -0.3 is 10.2 Å². The molecule has 0 spiro atoms. The van der Waals surface area contributed by atoms with Crippen molar-refractivity contribution in [3.8, 4) is 0 Å². The number of nitrogens with zero attached hydrogens (tertiary/aromatic N) is 5. The number of anilines is 1. The molecule has 0 fully saturated rings. The Balaban J connectivity index is 1.87. The molecule has 1 aromatic carbocycles. The molecule has 1 N–H and O–H groups in total. The molecular weight excluding hydrogens is 328 g/mol. The summed E-state index contributed by atoms with van der Waals surface area (Å²) in [5.41, 5.74) is 2.92. The number of tetrazole rings is 1. The lowest BCUT2D eigenvalue weighted by atomic mass is 9.95. The largest absolute Gasteiger partial charge is 0.318 e. The van der Waals surface area contributed by atoms with Gasteiger partial charge in [-0.25, -0.2) is 0 Å². The third-order valence-electron chi connectivity index (χ3n) is 4.25. The van der Waals surface area contributed by atoms with E-state index in [-0.39, 0.29) is 11.9 Å². The van der Waals surface area contributed by atoms with Crippen LogP contribution in [0.2, 0.25) is 5.02 Å². The summed E-state index contributed by atoms with van der Waals surface area (Å²) in [6, 6.07) is 7.13. The fourth-order valence-electron chi connectivity index (χ4n) is 3.17. The van der Waals surface area contributed by atoms with Gasteiger partial charge in [0, 0.05) is 22.8 Å². The molecule has 122 valence electrons. The maximum absolute atomic E-state index is 12.7. The molecule has 2 aliphatic heterocycles. The lowest BCUT2D eigenvalue weighted by Gasteiger charge is -2.26. The van der Waals surface area contributed by atoms with Gasteiger partial charge in [-0.05, 0) is 34.5 Å². The number of carbonyl (C=O) groups is 1. The van der Waals surface area contributed by atoms with Crippen LogP contribution in [0.5, 0.6) is 0 Å². The lowest BCUT2D eigenvalue weighted by molar-refractivity contribution is -0.124. The highest BCUT2D eigenvalue weighted by molar-refractivity contribution is 6.30. The quantitative estimate of drug-likeness (QED) is 0.926. The number of aromatic nitrogens is 4. The molecule has 1 unspecified atom stereocenters. The van der Waals surface area contributed by atoms with E-state index in [1.54, 1.807) is 9.58 Å². The first kappa shape index (κ1) is 14.9. The monoisotopic (exact) mass is 342 g/mol. The van der Waals surface area contributed by atoms with Crippen LogP contribution in [0.25, 0.3) is 0 Å². The SMILES string of the molecule is C=C1C2=C(Nc3nnnn3C2c2ccc(Cl)cc2)C(=O)N1CCC. The van der Waals surface area contributed by atoms with E-state index < -0.39 is 0 Å². The predicted octanol–water partition coefficient (Wildman–Crippen LogP) is 2.36. The van der Waals surface area contributed by atoms with Crippen LogP contribution in [0.15, 0.2) is 47.8 Å². The molecule has 2 aromatic rings. The molecule has 2 aliphatic rings. The lowest BCUT2D eigenvalue weighted by Crippen LogP contribution is -2.28. The van der Waals surface area contributed by atoms with Gasteiger partial charge in [0.05, 0.1) is 0 Å². The minimum Gasteiger partial charge on any atom is -0.318 e. The van der Waals surface area contributed by atoms with E-state index >= 15 is 0 Å². The van der Waals surface area contributed by atoms with Crippen LogP contribution in [0.1, 0.15) is 24.9 Å². The van der Waals surface area contributed by atoms with E-state index in [1.165, 1.54) is 0 Å². The Bertz CT molecular complexity index is 869. The zero-order chi connectivity index (χ0) is 16.8. The van der Waals surface area contributed by atoms with Crippen molar-refractivity contribution < 1.29 is 4.79 Å². The van der Waals surface area contributed by atoms with Gasteiger partial charge in [-0.1, -0.05) is 42.3 Å². The van der Waals surface area contributed by atoms with E-state index in [1.807, 2.05) is 31.2 Å². The summed E-state index contributed by atoms with van der Waals surface area (Å²) in [6.45, 7) is 6.78. The smallest absolute Gasteiger partial charge is 0.275 e. The van der Waals surface area contributed by atoms with Crippen LogP contribution in [0.3, 0.4) is 0 Å². The number of carbonyl (C=O) groups excluding carboxylic acids is 1. The molecule has 1 aromatic heterocycles. The summed E-state index contributed by atoms with van der Waals surface area (Å²) in [4.78, 5) is 14.4. The molecule has 1 amide bonds. The van der Waals surface area contributed by atoms with Gasteiger partial charge in [0.15, 0.2) is 0 Å². The Kier molecular flexibility index (Phi) is 3.38. The van der Waals surface area contributed by atoms with Gasteiger partial charge in [-0.3, -0.25) is 4.79 Å². The molecule has 0 radical (unpaired) electrons. The molecule has 1 atom stereocenters. The summed E-state index contributed by atoms with van der Waals surface area (Å²) in [5, 5.41) is 15.5. The standard InChI is InChI=1S/C16H15ClN6O/c1-3-8-22-9(2)12-13(15(22)24)18-16-19-20-21-23(16)14(12)10-4-6-11(17)7-5-10/h4-7,14H,2-3,8H2,1H3,(H,18,19,21). The number of allylic oxidation sites excluding steroid dienone is 1. The maximum atomic E-state index is 12.7. The molecule has 0 saturated carbocycles. The van der Waals surface area contributed by atoms with Crippen LogP contribution < -0.4 is 5.32 Å². The zero-order valence-corrected chi connectivity index (χ0v) is 13.8. The van der Waals surface area contributed by atoms with Crippen molar-refractivity contribution in [3.63, 3.8) is 0 Å². The summed E-state index contributed by atoms with van der Waals surface area (Å²) < 4.78 is 1.66. The highest BCUT2D eigenvalue weighted by atomic mass is 35.5. The Morgan fingerprint density at radius 3 is 2.79 bits per heavy atom. The molecule has 0 saturated heterocycles. The molecule has 24 heavy (non-hydrogen) atoms. The average molecular weight is 343 g/mol. The highest BCUT2D eigenvalue weighted by Crippen LogP contribution is 2.43. The first-order valence-corrected chi connectivity index (χ1v) is 8.05. The normalized spacial score (nSPS) is 19.4. The number of benzene rings is 1. The van der Waals surface area contributed by atoms with E-state index in [4.69, 9.17) is 11.6 Å². The van der Waals surface area contributed by atoms with Gasteiger partial charge in [-0.2, -0.15) is 4.68 Å². The highest BCUT2D eigenvalue weighted by Gasteiger charge is 2.43. The van der Waals surface area contributed by atoms with Crippen LogP contribution in [-0.2, 0) is 4.79 Å². The number of fused-ring (bicyclic) bond motifs is 1. The average Bonchev–Trinajstić information content (AvgIpc) is 3.13.